The van der Waals surface area contributed by atoms with E-state index in [1.54, 1.807) is 6.07 Å². The molecule has 0 radical (unpaired) electrons. The maximum Gasteiger partial charge on any atom is 0.144 e. The first-order valence-corrected chi connectivity index (χ1v) is 3.68. The molecule has 1 aromatic carbocycles. The van der Waals surface area contributed by atoms with Gasteiger partial charge in [0.05, 0.1) is 5.56 Å². The van der Waals surface area contributed by atoms with Crippen LogP contribution in [-0.4, -0.2) is 0 Å². The molecule has 0 N–H and O–H groups in total. The average Bonchev–Trinajstić information content (AvgIpc) is 2.04. The fraction of sp³-hybridized carbons (Fsp3) is 0.100. The van der Waals surface area contributed by atoms with E-state index in [9.17, 15) is 8.78 Å². The number of hydrogen-bond acceptors (Lipinski definition) is 1. The normalized spacial score (nSPS) is 9.31. The van der Waals surface area contributed by atoms with Crippen LogP contribution < -0.4 is 0 Å². The molecule has 66 valence electrons. The molecule has 0 spiro atoms. The van der Waals surface area contributed by atoms with E-state index in [1.165, 1.54) is 6.08 Å². The van der Waals surface area contributed by atoms with Crippen molar-refractivity contribution in [1.82, 2.24) is 0 Å². The molecule has 0 aliphatic rings. The smallest absolute Gasteiger partial charge is 0.144 e. The van der Waals surface area contributed by atoms with Gasteiger partial charge in [0, 0.05) is 6.07 Å². The van der Waals surface area contributed by atoms with Gasteiger partial charge < -0.3 is 0 Å². The van der Waals surface area contributed by atoms with Crippen LogP contribution in [-0.2, 0) is 6.42 Å². The third kappa shape index (κ3) is 1.91. The van der Waals surface area contributed by atoms with Gasteiger partial charge in [-0.3, -0.25) is 0 Å². The molecule has 0 saturated carbocycles. The van der Waals surface area contributed by atoms with E-state index in [0.717, 1.165) is 6.07 Å². The highest BCUT2D eigenvalue weighted by atomic mass is 19.1. The standard InChI is InChI=1S/C10H7F2N/c1-2-3-7-4-8(11)5-10(12)9(7)6-13/h2,4-5H,1,3H2. The summed E-state index contributed by atoms with van der Waals surface area (Å²) in [5, 5.41) is 8.57. The molecule has 0 atom stereocenters. The molecule has 0 heterocycles. The van der Waals surface area contributed by atoms with Crippen LogP contribution in [0.4, 0.5) is 8.78 Å². The monoisotopic (exact) mass is 179 g/mol. The summed E-state index contributed by atoms with van der Waals surface area (Å²) in [6, 6.07) is 3.53. The molecule has 0 saturated heterocycles. The van der Waals surface area contributed by atoms with Crippen LogP contribution in [0.2, 0.25) is 0 Å². The van der Waals surface area contributed by atoms with Crippen molar-refractivity contribution in [3.63, 3.8) is 0 Å². The van der Waals surface area contributed by atoms with Crippen molar-refractivity contribution in [2.24, 2.45) is 0 Å². The first-order chi connectivity index (χ1) is 6.19. The Morgan fingerprint density at radius 2 is 2.15 bits per heavy atom. The molecular weight excluding hydrogens is 172 g/mol. The summed E-state index contributed by atoms with van der Waals surface area (Å²) < 4.78 is 25.6. The van der Waals surface area contributed by atoms with Gasteiger partial charge in [-0.2, -0.15) is 5.26 Å². The number of halogens is 2. The second-order valence-corrected chi connectivity index (χ2v) is 2.53. The Hall–Kier alpha value is -1.69. The van der Waals surface area contributed by atoms with Crippen molar-refractivity contribution in [2.45, 2.75) is 6.42 Å². The Labute approximate surface area is 74.9 Å². The van der Waals surface area contributed by atoms with E-state index in [1.807, 2.05) is 0 Å². The van der Waals surface area contributed by atoms with Crippen LogP contribution >= 0.6 is 0 Å². The predicted molar refractivity (Wildman–Crippen MR) is 45.0 cm³/mol. The van der Waals surface area contributed by atoms with Gasteiger partial charge in [-0.25, -0.2) is 8.78 Å². The summed E-state index contributed by atoms with van der Waals surface area (Å²) in [5.41, 5.74) is 0.219. The number of benzene rings is 1. The Bertz CT molecular complexity index is 377. The summed E-state index contributed by atoms with van der Waals surface area (Å²) in [7, 11) is 0. The van der Waals surface area contributed by atoms with E-state index in [-0.39, 0.29) is 12.0 Å². The van der Waals surface area contributed by atoms with Gasteiger partial charge in [-0.05, 0) is 18.1 Å². The van der Waals surface area contributed by atoms with Gasteiger partial charge in [0.15, 0.2) is 0 Å². The van der Waals surface area contributed by atoms with Crippen molar-refractivity contribution in [3.05, 3.63) is 47.5 Å². The lowest BCUT2D eigenvalue weighted by molar-refractivity contribution is 0.578. The van der Waals surface area contributed by atoms with Crippen molar-refractivity contribution in [3.8, 4) is 6.07 Å². The third-order valence-corrected chi connectivity index (χ3v) is 1.61. The van der Waals surface area contributed by atoms with Gasteiger partial charge in [-0.1, -0.05) is 6.08 Å². The zero-order valence-corrected chi connectivity index (χ0v) is 6.85. The van der Waals surface area contributed by atoms with Crippen molar-refractivity contribution >= 4 is 0 Å². The van der Waals surface area contributed by atoms with E-state index >= 15 is 0 Å². The molecule has 0 bridgehead atoms. The van der Waals surface area contributed by atoms with Gasteiger partial charge in [-0.15, -0.1) is 6.58 Å². The molecule has 0 aliphatic carbocycles. The van der Waals surface area contributed by atoms with Crippen LogP contribution in [0.3, 0.4) is 0 Å². The fourth-order valence-electron chi connectivity index (χ4n) is 1.07. The lowest BCUT2D eigenvalue weighted by atomic mass is 10.0. The summed E-state index contributed by atoms with van der Waals surface area (Å²) in [6.07, 6.45) is 1.78. The topological polar surface area (TPSA) is 23.8 Å². The van der Waals surface area contributed by atoms with E-state index in [0.29, 0.717) is 11.6 Å². The molecule has 0 fully saturated rings. The minimum absolute atomic E-state index is 0.110. The molecule has 1 aromatic rings. The van der Waals surface area contributed by atoms with Crippen molar-refractivity contribution < 1.29 is 8.78 Å². The van der Waals surface area contributed by atoms with Crippen molar-refractivity contribution in [2.75, 3.05) is 0 Å². The second kappa shape index (κ2) is 3.81. The summed E-state index contributed by atoms with van der Waals surface area (Å²) in [5.74, 6) is -1.49. The summed E-state index contributed by atoms with van der Waals surface area (Å²) in [6.45, 7) is 3.44. The van der Waals surface area contributed by atoms with E-state index in [2.05, 4.69) is 6.58 Å². The largest absolute Gasteiger partial charge is 0.207 e. The Kier molecular flexibility index (Phi) is 2.76. The molecule has 0 aromatic heterocycles. The SMILES string of the molecule is C=CCc1cc(F)cc(F)c1C#N. The summed E-state index contributed by atoms with van der Waals surface area (Å²) >= 11 is 0. The maximum absolute atomic E-state index is 12.9. The van der Waals surface area contributed by atoms with E-state index < -0.39 is 11.6 Å². The molecule has 13 heavy (non-hydrogen) atoms. The first-order valence-electron chi connectivity index (χ1n) is 3.68. The predicted octanol–water partition coefficient (Wildman–Crippen LogP) is 2.56. The Morgan fingerprint density at radius 1 is 1.46 bits per heavy atom. The number of nitrogens with zero attached hydrogens (tertiary/aromatic N) is 1. The number of rotatable bonds is 2. The Balaban J connectivity index is 3.31. The van der Waals surface area contributed by atoms with Crippen LogP contribution in [0.1, 0.15) is 11.1 Å². The Morgan fingerprint density at radius 3 is 2.69 bits per heavy atom. The van der Waals surface area contributed by atoms with Gasteiger partial charge in [0.25, 0.3) is 0 Å². The van der Waals surface area contributed by atoms with Gasteiger partial charge >= 0.3 is 0 Å². The third-order valence-electron chi connectivity index (χ3n) is 1.61. The van der Waals surface area contributed by atoms with Gasteiger partial charge in [0.2, 0.25) is 0 Å². The highest BCUT2D eigenvalue weighted by molar-refractivity contribution is 5.40. The van der Waals surface area contributed by atoms with Crippen LogP contribution in [0, 0.1) is 23.0 Å². The van der Waals surface area contributed by atoms with Crippen LogP contribution in [0.5, 0.6) is 0 Å². The zero-order chi connectivity index (χ0) is 9.84. The average molecular weight is 179 g/mol. The quantitative estimate of drug-likeness (QED) is 0.640. The molecule has 0 unspecified atom stereocenters. The lowest BCUT2D eigenvalue weighted by Crippen LogP contribution is -1.94. The van der Waals surface area contributed by atoms with E-state index in [4.69, 9.17) is 5.26 Å². The molecule has 1 nitrogen and oxygen atoms in total. The van der Waals surface area contributed by atoms with Crippen LogP contribution in [0.25, 0.3) is 0 Å². The first kappa shape index (κ1) is 9.40. The molecule has 0 amide bonds. The minimum Gasteiger partial charge on any atom is -0.207 e. The second-order valence-electron chi connectivity index (χ2n) is 2.53. The molecular formula is C10H7F2N. The molecule has 3 heteroatoms. The highest BCUT2D eigenvalue weighted by Crippen LogP contribution is 2.15. The maximum atomic E-state index is 12.9. The number of allylic oxidation sites excluding steroid dienone is 1. The van der Waals surface area contributed by atoms with Crippen LogP contribution in [0.15, 0.2) is 24.8 Å². The summed E-state index contributed by atoms with van der Waals surface area (Å²) in [4.78, 5) is 0. The van der Waals surface area contributed by atoms with Gasteiger partial charge in [0.1, 0.15) is 17.7 Å². The minimum atomic E-state index is -0.820. The number of nitriles is 1. The molecule has 1 rings (SSSR count). The highest BCUT2D eigenvalue weighted by Gasteiger charge is 2.09. The fourth-order valence-corrected chi connectivity index (χ4v) is 1.07. The zero-order valence-electron chi connectivity index (χ0n) is 6.85. The number of hydrogen-bond donors (Lipinski definition) is 0. The lowest BCUT2D eigenvalue weighted by Gasteiger charge is -2.01. The van der Waals surface area contributed by atoms with Crippen molar-refractivity contribution in [1.29, 1.82) is 5.26 Å². The molecule has 0 aliphatic heterocycles.